The van der Waals surface area contributed by atoms with Crippen molar-refractivity contribution in [3.8, 4) is 22.3 Å². The summed E-state index contributed by atoms with van der Waals surface area (Å²) in [5.41, 5.74) is 8.67. The molecule has 2 heterocycles. The summed E-state index contributed by atoms with van der Waals surface area (Å²) in [4.78, 5) is 0. The van der Waals surface area contributed by atoms with E-state index in [1.807, 2.05) is 60.7 Å². The summed E-state index contributed by atoms with van der Waals surface area (Å²) in [7, 11) is 0. The van der Waals surface area contributed by atoms with Gasteiger partial charge in [0.1, 0.15) is 11.6 Å². The highest BCUT2D eigenvalue weighted by atomic mass is 35.5. The summed E-state index contributed by atoms with van der Waals surface area (Å²) < 4.78 is 31.4. The van der Waals surface area contributed by atoms with Crippen molar-refractivity contribution in [2.45, 2.75) is 13.1 Å². The molecule has 0 saturated carbocycles. The van der Waals surface area contributed by atoms with Gasteiger partial charge in [0.15, 0.2) is 0 Å². The van der Waals surface area contributed by atoms with Gasteiger partial charge in [-0.3, -0.25) is 0 Å². The molecule has 0 aliphatic carbocycles. The van der Waals surface area contributed by atoms with E-state index in [9.17, 15) is 8.78 Å². The normalized spacial score (nSPS) is 11.1. The molecular weight excluding hydrogens is 641 g/mol. The van der Waals surface area contributed by atoms with E-state index in [0.29, 0.717) is 0 Å². The fourth-order valence-corrected chi connectivity index (χ4v) is 6.50. The van der Waals surface area contributed by atoms with Crippen LogP contribution in [0.2, 0.25) is 10.0 Å². The molecule has 2 nitrogen and oxygen atoms in total. The first kappa shape index (κ1) is 31.4. The summed E-state index contributed by atoms with van der Waals surface area (Å²) in [5.74, 6) is -0.792. The molecule has 48 heavy (non-hydrogen) atoms. The molecule has 8 aromatic rings. The highest BCUT2D eigenvalue weighted by molar-refractivity contribution is 6.31. The van der Waals surface area contributed by atoms with Crippen LogP contribution in [0.3, 0.4) is 0 Å². The van der Waals surface area contributed by atoms with Crippen molar-refractivity contribution in [3.63, 3.8) is 0 Å². The number of hydrogen-bond acceptors (Lipinski definition) is 0. The lowest BCUT2D eigenvalue weighted by Crippen LogP contribution is -1.98. The first-order valence-corrected chi connectivity index (χ1v) is 16.3. The fraction of sp³-hybridized carbons (Fsp3) is 0.0476. The van der Waals surface area contributed by atoms with Crippen LogP contribution in [0, 0.1) is 11.6 Å². The molecule has 0 bridgehead atoms. The fourth-order valence-electron chi connectivity index (χ4n) is 6.14. The van der Waals surface area contributed by atoms with E-state index in [4.69, 9.17) is 23.2 Å². The molecule has 6 aromatic carbocycles. The Morgan fingerprint density at radius 3 is 1.25 bits per heavy atom. The Morgan fingerprint density at radius 1 is 0.438 bits per heavy atom. The van der Waals surface area contributed by atoms with E-state index < -0.39 is 11.6 Å². The summed E-state index contributed by atoms with van der Waals surface area (Å²) in [6.07, 6.45) is 4.18. The second-order valence-corrected chi connectivity index (χ2v) is 12.4. The third-order valence-electron chi connectivity index (χ3n) is 8.43. The minimum Gasteiger partial charge on any atom is -0.343 e. The van der Waals surface area contributed by atoms with Crippen LogP contribution in [0.25, 0.3) is 44.1 Å². The van der Waals surface area contributed by atoms with Gasteiger partial charge in [-0.1, -0.05) is 132 Å². The SMILES string of the molecule is Fc1ccc(-c2cccc3ccn(Cc4ccccc4)c23)cc1Cl.Fc1ccc(-c2cccc3ccn(Cc4ccccc4)c23)cc1Cl. The molecule has 0 unspecified atom stereocenters. The monoisotopic (exact) mass is 670 g/mol. The quantitative estimate of drug-likeness (QED) is 0.167. The molecule has 2 aromatic heterocycles. The standard InChI is InChI=1S/2C21H15ClFN/c2*22-19-13-17(9-10-20(19)23)18-8-4-7-16-11-12-24(21(16)18)14-15-5-2-1-3-6-15/h2*1-13H,14H2. The molecule has 0 amide bonds. The molecule has 0 aliphatic heterocycles. The van der Waals surface area contributed by atoms with Crippen molar-refractivity contribution in [3.05, 3.63) is 191 Å². The highest BCUT2D eigenvalue weighted by Crippen LogP contribution is 2.33. The summed E-state index contributed by atoms with van der Waals surface area (Å²) in [6, 6.07) is 46.9. The Morgan fingerprint density at radius 2 is 0.854 bits per heavy atom. The lowest BCUT2D eigenvalue weighted by Gasteiger charge is -2.11. The summed E-state index contributed by atoms with van der Waals surface area (Å²) >= 11 is 12.0. The Kier molecular flexibility index (Phi) is 9.11. The van der Waals surface area contributed by atoms with Gasteiger partial charge < -0.3 is 9.13 Å². The third-order valence-corrected chi connectivity index (χ3v) is 9.01. The number of benzene rings is 6. The van der Waals surface area contributed by atoms with E-state index >= 15 is 0 Å². The Bertz CT molecular complexity index is 2180. The zero-order valence-electron chi connectivity index (χ0n) is 25.8. The van der Waals surface area contributed by atoms with Crippen molar-refractivity contribution in [1.29, 1.82) is 0 Å². The van der Waals surface area contributed by atoms with Crippen LogP contribution in [0.15, 0.2) is 158 Å². The number of rotatable bonds is 6. The van der Waals surface area contributed by atoms with Crippen LogP contribution in [0.1, 0.15) is 11.1 Å². The summed E-state index contributed by atoms with van der Waals surface area (Å²) in [5, 5.41) is 2.60. The summed E-state index contributed by atoms with van der Waals surface area (Å²) in [6.45, 7) is 1.58. The maximum Gasteiger partial charge on any atom is 0.141 e. The van der Waals surface area contributed by atoms with Crippen LogP contribution in [-0.4, -0.2) is 9.13 Å². The minimum atomic E-state index is -0.396. The van der Waals surface area contributed by atoms with Gasteiger partial charge in [-0.25, -0.2) is 8.78 Å². The Balaban J connectivity index is 0.000000152. The number of halogens is 4. The molecule has 0 N–H and O–H groups in total. The largest absolute Gasteiger partial charge is 0.343 e. The van der Waals surface area contributed by atoms with E-state index in [1.165, 1.54) is 23.3 Å². The van der Waals surface area contributed by atoms with Crippen LogP contribution in [0.5, 0.6) is 0 Å². The molecule has 8 rings (SSSR count). The second-order valence-electron chi connectivity index (χ2n) is 11.6. The highest BCUT2D eigenvalue weighted by Gasteiger charge is 2.12. The van der Waals surface area contributed by atoms with Gasteiger partial charge in [-0.2, -0.15) is 0 Å². The molecule has 236 valence electrons. The van der Waals surface area contributed by atoms with Gasteiger partial charge in [0, 0.05) is 47.4 Å². The second kappa shape index (κ2) is 13.9. The Hall–Kier alpha value is -5.16. The maximum absolute atomic E-state index is 13.5. The molecule has 6 heteroatoms. The van der Waals surface area contributed by atoms with Crippen molar-refractivity contribution in [1.82, 2.24) is 9.13 Å². The first-order chi connectivity index (χ1) is 23.4. The van der Waals surface area contributed by atoms with Gasteiger partial charge in [0.2, 0.25) is 0 Å². The smallest absolute Gasteiger partial charge is 0.141 e. The Labute approximate surface area is 288 Å². The van der Waals surface area contributed by atoms with Crippen LogP contribution >= 0.6 is 23.2 Å². The molecule has 0 atom stereocenters. The molecule has 0 aliphatic rings. The van der Waals surface area contributed by atoms with E-state index in [0.717, 1.165) is 57.1 Å². The zero-order chi connectivity index (χ0) is 33.0. The van der Waals surface area contributed by atoms with Gasteiger partial charge in [-0.15, -0.1) is 0 Å². The lowest BCUT2D eigenvalue weighted by atomic mass is 10.0. The molecule has 0 fully saturated rings. The third kappa shape index (κ3) is 6.64. The maximum atomic E-state index is 13.5. The van der Waals surface area contributed by atoms with Crippen LogP contribution in [-0.2, 0) is 13.1 Å². The molecular formula is C42H30Cl2F2N2. The van der Waals surface area contributed by atoms with Crippen LogP contribution in [0.4, 0.5) is 8.78 Å². The number of nitrogens with zero attached hydrogens (tertiary/aromatic N) is 2. The van der Waals surface area contributed by atoms with Crippen molar-refractivity contribution < 1.29 is 8.78 Å². The van der Waals surface area contributed by atoms with Gasteiger partial charge in [0.05, 0.1) is 21.1 Å². The lowest BCUT2D eigenvalue weighted by molar-refractivity contribution is 0.628. The molecule has 0 saturated heterocycles. The van der Waals surface area contributed by atoms with Gasteiger partial charge >= 0.3 is 0 Å². The first-order valence-electron chi connectivity index (χ1n) is 15.6. The minimum absolute atomic E-state index is 0.144. The van der Waals surface area contributed by atoms with E-state index in [-0.39, 0.29) is 10.0 Å². The van der Waals surface area contributed by atoms with Crippen molar-refractivity contribution in [2.75, 3.05) is 0 Å². The predicted molar refractivity (Wildman–Crippen MR) is 196 cm³/mol. The van der Waals surface area contributed by atoms with Crippen molar-refractivity contribution in [2.24, 2.45) is 0 Å². The number of hydrogen-bond donors (Lipinski definition) is 0. The van der Waals surface area contributed by atoms with Crippen LogP contribution < -0.4 is 0 Å². The number of fused-ring (bicyclic) bond motifs is 2. The predicted octanol–water partition coefficient (Wildman–Crippen LogP) is 12.3. The van der Waals surface area contributed by atoms with E-state index in [1.54, 1.807) is 24.3 Å². The number of para-hydroxylation sites is 2. The van der Waals surface area contributed by atoms with Crippen molar-refractivity contribution >= 4 is 45.0 Å². The average molecular weight is 672 g/mol. The number of aromatic nitrogens is 2. The molecule has 0 radical (unpaired) electrons. The van der Waals surface area contributed by atoms with Gasteiger partial charge in [-0.05, 0) is 58.7 Å². The topological polar surface area (TPSA) is 9.86 Å². The van der Waals surface area contributed by atoms with Gasteiger partial charge in [0.25, 0.3) is 0 Å². The average Bonchev–Trinajstić information content (AvgIpc) is 3.72. The molecule has 0 spiro atoms. The zero-order valence-corrected chi connectivity index (χ0v) is 27.3. The van der Waals surface area contributed by atoms with E-state index in [2.05, 4.69) is 70.1 Å².